The normalized spacial score (nSPS) is 21.6. The maximum absolute atomic E-state index is 5.17. The number of methoxy groups -OCH3 is 1. The summed E-state index contributed by atoms with van der Waals surface area (Å²) in [4.78, 5) is 0. The number of nitrogens with zero attached hydrogens (tertiary/aromatic N) is 2. The van der Waals surface area contributed by atoms with Gasteiger partial charge in [0.1, 0.15) is 4.60 Å². The quantitative estimate of drug-likeness (QED) is 0.911. The van der Waals surface area contributed by atoms with Crippen LogP contribution in [0.4, 0.5) is 0 Å². The lowest BCUT2D eigenvalue weighted by molar-refractivity contribution is 0.321. The molecule has 2 rings (SSSR count). The van der Waals surface area contributed by atoms with E-state index in [1.165, 1.54) is 12.8 Å². The first-order valence-corrected chi connectivity index (χ1v) is 6.06. The van der Waals surface area contributed by atoms with E-state index in [0.29, 0.717) is 5.92 Å². The summed E-state index contributed by atoms with van der Waals surface area (Å²) in [6.07, 6.45) is 4.29. The summed E-state index contributed by atoms with van der Waals surface area (Å²) in [7, 11) is 1.66. The zero-order valence-electron chi connectivity index (χ0n) is 8.87. The third-order valence-electron chi connectivity index (χ3n) is 2.79. The maximum Gasteiger partial charge on any atom is 0.171 e. The third kappa shape index (κ3) is 2.52. The summed E-state index contributed by atoms with van der Waals surface area (Å²) in [5.41, 5.74) is 0. The van der Waals surface area contributed by atoms with Crippen molar-refractivity contribution in [2.45, 2.75) is 19.4 Å². The van der Waals surface area contributed by atoms with Crippen molar-refractivity contribution in [2.24, 2.45) is 5.92 Å². The molecule has 1 fully saturated rings. The Kier molecular flexibility index (Phi) is 3.64. The predicted molar refractivity (Wildman–Crippen MR) is 62.1 cm³/mol. The van der Waals surface area contributed by atoms with Gasteiger partial charge >= 0.3 is 0 Å². The van der Waals surface area contributed by atoms with Crippen LogP contribution in [0.3, 0.4) is 0 Å². The van der Waals surface area contributed by atoms with Crippen LogP contribution in [-0.4, -0.2) is 30.0 Å². The standard InChI is InChI=1S/C10H16BrN3O/c1-15-9-6-13-14(10(9)11)7-8-3-2-4-12-5-8/h6,8,12H,2-5,7H2,1H3. The molecule has 1 aromatic rings. The van der Waals surface area contributed by atoms with Gasteiger partial charge in [-0.1, -0.05) is 0 Å². The predicted octanol–water partition coefficient (Wildman–Crippen LogP) is 1.65. The fourth-order valence-electron chi connectivity index (χ4n) is 1.94. The van der Waals surface area contributed by atoms with Crippen molar-refractivity contribution in [1.29, 1.82) is 0 Å². The second kappa shape index (κ2) is 4.99. The fourth-order valence-corrected chi connectivity index (χ4v) is 2.44. The molecule has 1 aliphatic rings. The zero-order valence-corrected chi connectivity index (χ0v) is 10.5. The number of piperidine rings is 1. The summed E-state index contributed by atoms with van der Waals surface area (Å²) in [6.45, 7) is 3.20. The average Bonchev–Trinajstić information content (AvgIpc) is 2.62. The summed E-state index contributed by atoms with van der Waals surface area (Å²) in [5.74, 6) is 1.48. The highest BCUT2D eigenvalue weighted by Crippen LogP contribution is 2.25. The Morgan fingerprint density at radius 2 is 2.60 bits per heavy atom. The molecule has 4 nitrogen and oxygen atoms in total. The third-order valence-corrected chi connectivity index (χ3v) is 3.59. The molecule has 15 heavy (non-hydrogen) atoms. The summed E-state index contributed by atoms with van der Waals surface area (Å²) < 4.78 is 8.08. The largest absolute Gasteiger partial charge is 0.492 e. The van der Waals surface area contributed by atoms with Gasteiger partial charge in [0, 0.05) is 6.54 Å². The van der Waals surface area contributed by atoms with Crippen molar-refractivity contribution in [2.75, 3.05) is 20.2 Å². The van der Waals surface area contributed by atoms with Gasteiger partial charge < -0.3 is 10.1 Å². The van der Waals surface area contributed by atoms with Crippen LogP contribution in [0.1, 0.15) is 12.8 Å². The number of halogens is 1. The second-order valence-electron chi connectivity index (χ2n) is 3.90. The molecule has 0 bridgehead atoms. The molecule has 2 heterocycles. The van der Waals surface area contributed by atoms with E-state index in [9.17, 15) is 0 Å². The Labute approximate surface area is 98.1 Å². The zero-order chi connectivity index (χ0) is 10.7. The Hall–Kier alpha value is -0.550. The first-order valence-electron chi connectivity index (χ1n) is 5.27. The van der Waals surface area contributed by atoms with Gasteiger partial charge in [-0.15, -0.1) is 0 Å². The number of hydrogen-bond acceptors (Lipinski definition) is 3. The van der Waals surface area contributed by atoms with Crippen LogP contribution in [0.2, 0.25) is 0 Å². The van der Waals surface area contributed by atoms with Gasteiger partial charge in [-0.3, -0.25) is 4.68 Å². The van der Waals surface area contributed by atoms with E-state index < -0.39 is 0 Å². The van der Waals surface area contributed by atoms with E-state index in [2.05, 4.69) is 26.3 Å². The molecule has 1 atom stereocenters. The molecule has 1 aromatic heterocycles. The minimum absolute atomic E-state index is 0.680. The van der Waals surface area contributed by atoms with Crippen molar-refractivity contribution in [3.63, 3.8) is 0 Å². The van der Waals surface area contributed by atoms with Crippen LogP contribution in [0.5, 0.6) is 5.75 Å². The molecule has 1 saturated heterocycles. The van der Waals surface area contributed by atoms with Gasteiger partial charge in [0.25, 0.3) is 0 Å². The molecule has 0 aromatic carbocycles. The SMILES string of the molecule is COc1cnn(CC2CCCNC2)c1Br. The molecule has 1 N–H and O–H groups in total. The second-order valence-corrected chi connectivity index (χ2v) is 4.65. The summed E-state index contributed by atoms with van der Waals surface area (Å²) >= 11 is 3.49. The highest BCUT2D eigenvalue weighted by Gasteiger charge is 2.16. The van der Waals surface area contributed by atoms with Crippen LogP contribution < -0.4 is 10.1 Å². The number of hydrogen-bond donors (Lipinski definition) is 1. The van der Waals surface area contributed by atoms with Crippen molar-refractivity contribution < 1.29 is 4.74 Å². The molecule has 1 aliphatic heterocycles. The molecule has 0 aliphatic carbocycles. The van der Waals surface area contributed by atoms with Gasteiger partial charge in [-0.25, -0.2) is 0 Å². The molecule has 1 unspecified atom stereocenters. The van der Waals surface area contributed by atoms with Crippen LogP contribution in [0.25, 0.3) is 0 Å². The van der Waals surface area contributed by atoms with Gasteiger partial charge in [-0.2, -0.15) is 5.10 Å². The summed E-state index contributed by atoms with van der Waals surface area (Å²) in [6, 6.07) is 0. The van der Waals surface area contributed by atoms with E-state index in [0.717, 1.165) is 30.0 Å². The molecule has 0 amide bonds. The van der Waals surface area contributed by atoms with Crippen LogP contribution in [0, 0.1) is 5.92 Å². The van der Waals surface area contributed by atoms with Gasteiger partial charge in [0.05, 0.1) is 13.3 Å². The highest BCUT2D eigenvalue weighted by molar-refractivity contribution is 9.10. The van der Waals surface area contributed by atoms with Gasteiger partial charge in [-0.05, 0) is 47.8 Å². The number of rotatable bonds is 3. The van der Waals surface area contributed by atoms with Crippen molar-refractivity contribution in [3.8, 4) is 5.75 Å². The molecule has 5 heteroatoms. The van der Waals surface area contributed by atoms with Crippen LogP contribution in [-0.2, 0) is 6.54 Å². The van der Waals surface area contributed by atoms with E-state index in [1.54, 1.807) is 13.3 Å². The maximum atomic E-state index is 5.17. The van der Waals surface area contributed by atoms with E-state index in [-0.39, 0.29) is 0 Å². The van der Waals surface area contributed by atoms with E-state index in [4.69, 9.17) is 4.74 Å². The van der Waals surface area contributed by atoms with E-state index >= 15 is 0 Å². The van der Waals surface area contributed by atoms with Crippen LogP contribution >= 0.6 is 15.9 Å². The molecular weight excluding hydrogens is 258 g/mol. The number of aromatic nitrogens is 2. The topological polar surface area (TPSA) is 39.1 Å². The highest BCUT2D eigenvalue weighted by atomic mass is 79.9. The van der Waals surface area contributed by atoms with Crippen molar-refractivity contribution in [1.82, 2.24) is 15.1 Å². The monoisotopic (exact) mass is 273 g/mol. The average molecular weight is 274 g/mol. The van der Waals surface area contributed by atoms with Gasteiger partial charge in [0.2, 0.25) is 0 Å². The number of ether oxygens (including phenoxy) is 1. The lowest BCUT2D eigenvalue weighted by Crippen LogP contribution is -2.32. The lowest BCUT2D eigenvalue weighted by Gasteiger charge is -2.22. The van der Waals surface area contributed by atoms with Crippen LogP contribution in [0.15, 0.2) is 10.8 Å². The molecular formula is C10H16BrN3O. The molecule has 0 spiro atoms. The Bertz CT molecular complexity index is 320. The fraction of sp³-hybridized carbons (Fsp3) is 0.700. The van der Waals surface area contributed by atoms with Crippen molar-refractivity contribution >= 4 is 15.9 Å². The Morgan fingerprint density at radius 1 is 1.73 bits per heavy atom. The van der Waals surface area contributed by atoms with Gasteiger partial charge in [0.15, 0.2) is 5.75 Å². The minimum Gasteiger partial charge on any atom is -0.492 e. The smallest absolute Gasteiger partial charge is 0.171 e. The summed E-state index contributed by atoms with van der Waals surface area (Å²) in [5, 5.41) is 7.71. The molecule has 0 radical (unpaired) electrons. The Morgan fingerprint density at radius 3 is 3.20 bits per heavy atom. The first-order chi connectivity index (χ1) is 7.31. The first kappa shape index (κ1) is 11.0. The number of nitrogens with one attached hydrogen (secondary N) is 1. The minimum atomic E-state index is 0.680. The molecule has 0 saturated carbocycles. The van der Waals surface area contributed by atoms with E-state index in [1.807, 2.05) is 4.68 Å². The Balaban J connectivity index is 2.00. The lowest BCUT2D eigenvalue weighted by atomic mass is 10.00. The van der Waals surface area contributed by atoms with Crippen molar-refractivity contribution in [3.05, 3.63) is 10.8 Å². The molecule has 84 valence electrons.